The van der Waals surface area contributed by atoms with E-state index in [-0.39, 0.29) is 36.1 Å². The Hall–Kier alpha value is -1.30. The third-order valence-corrected chi connectivity index (χ3v) is 4.32. The van der Waals surface area contributed by atoms with Crippen molar-refractivity contribution < 1.29 is 13.2 Å². The highest BCUT2D eigenvalue weighted by molar-refractivity contribution is 14.0. The first kappa shape index (κ1) is 22.7. The molecule has 0 aliphatic heterocycles. The Bertz CT molecular complexity index is 761. The summed E-state index contributed by atoms with van der Waals surface area (Å²) in [5.74, 6) is 0.493. The van der Waals surface area contributed by atoms with Crippen LogP contribution in [0, 0.1) is 0 Å². The van der Waals surface area contributed by atoms with E-state index < -0.39 is 11.9 Å². The van der Waals surface area contributed by atoms with Gasteiger partial charge in [0, 0.05) is 50.5 Å². The topological polar surface area (TPSA) is 45.5 Å². The number of benzene rings is 1. The fourth-order valence-corrected chi connectivity index (χ4v) is 2.83. The molecule has 0 saturated carbocycles. The Morgan fingerprint density at radius 3 is 2.54 bits per heavy atom. The number of nitrogens with zero attached hydrogens (tertiary/aromatic N) is 4. The third-order valence-electron chi connectivity index (χ3n) is 3.55. The normalized spacial score (nSPS) is 11.9. The average molecular weight is 546 g/mol. The van der Waals surface area contributed by atoms with Gasteiger partial charge in [-0.25, -0.2) is 0 Å². The van der Waals surface area contributed by atoms with Crippen LogP contribution in [0.4, 0.5) is 13.2 Å². The number of aliphatic imine (C=N–C) groups is 1. The van der Waals surface area contributed by atoms with Crippen LogP contribution >= 0.6 is 39.9 Å². The molecule has 5 nitrogen and oxygen atoms in total. The molecule has 26 heavy (non-hydrogen) atoms. The van der Waals surface area contributed by atoms with Crippen LogP contribution in [-0.4, -0.2) is 34.7 Å². The van der Waals surface area contributed by atoms with Gasteiger partial charge < -0.3 is 10.2 Å². The van der Waals surface area contributed by atoms with Crippen LogP contribution in [-0.2, 0) is 26.3 Å². The molecule has 10 heteroatoms. The summed E-state index contributed by atoms with van der Waals surface area (Å²) in [4.78, 5) is 5.97. The molecule has 0 bridgehead atoms. The quantitative estimate of drug-likeness (QED) is 0.358. The standard InChI is InChI=1S/C16H19BrF3N5.HI/c1-21-15(24(2)9-11-6-4-5-7-13(11)17)22-8-12-10-25(3)23-14(12)16(18,19)20;/h4-7,10H,8-9H2,1-3H3,(H,21,22);1H. The van der Waals surface area contributed by atoms with Crippen LogP contribution in [0.25, 0.3) is 0 Å². The van der Waals surface area contributed by atoms with Gasteiger partial charge in [-0.1, -0.05) is 34.1 Å². The minimum atomic E-state index is -4.48. The highest BCUT2D eigenvalue weighted by Gasteiger charge is 2.36. The van der Waals surface area contributed by atoms with Gasteiger partial charge in [-0.05, 0) is 11.6 Å². The van der Waals surface area contributed by atoms with Gasteiger partial charge in [-0.2, -0.15) is 18.3 Å². The van der Waals surface area contributed by atoms with Crippen molar-refractivity contribution in [3.05, 3.63) is 51.8 Å². The van der Waals surface area contributed by atoms with E-state index in [1.807, 2.05) is 36.2 Å². The van der Waals surface area contributed by atoms with E-state index in [4.69, 9.17) is 0 Å². The molecule has 0 fully saturated rings. The van der Waals surface area contributed by atoms with Gasteiger partial charge >= 0.3 is 6.18 Å². The largest absolute Gasteiger partial charge is 0.435 e. The van der Waals surface area contributed by atoms with Crippen LogP contribution in [0.1, 0.15) is 16.8 Å². The maximum absolute atomic E-state index is 13.0. The summed E-state index contributed by atoms with van der Waals surface area (Å²) < 4.78 is 41.1. The van der Waals surface area contributed by atoms with Crippen molar-refractivity contribution in [2.45, 2.75) is 19.3 Å². The van der Waals surface area contributed by atoms with Crippen LogP contribution in [0.2, 0.25) is 0 Å². The Labute approximate surface area is 175 Å². The van der Waals surface area contributed by atoms with Crippen molar-refractivity contribution >= 4 is 45.9 Å². The van der Waals surface area contributed by atoms with Crippen molar-refractivity contribution in [2.24, 2.45) is 12.0 Å². The number of alkyl halides is 3. The monoisotopic (exact) mass is 545 g/mol. The lowest BCUT2D eigenvalue weighted by Gasteiger charge is -2.22. The fraction of sp³-hybridized carbons (Fsp3) is 0.375. The predicted octanol–water partition coefficient (Wildman–Crippen LogP) is 4.03. The van der Waals surface area contributed by atoms with E-state index in [0.29, 0.717) is 12.5 Å². The van der Waals surface area contributed by atoms with Crippen LogP contribution in [0.5, 0.6) is 0 Å². The zero-order chi connectivity index (χ0) is 18.6. The number of halogens is 5. The molecule has 2 rings (SSSR count). The smallest absolute Gasteiger partial charge is 0.352 e. The van der Waals surface area contributed by atoms with Crippen molar-refractivity contribution in [3.63, 3.8) is 0 Å². The molecule has 0 aliphatic rings. The second kappa shape index (κ2) is 9.58. The van der Waals surface area contributed by atoms with Crippen LogP contribution in [0.15, 0.2) is 39.9 Å². The molecular weight excluding hydrogens is 526 g/mol. The molecule has 1 aromatic heterocycles. The average Bonchev–Trinajstić information content (AvgIpc) is 2.91. The van der Waals surface area contributed by atoms with E-state index in [9.17, 15) is 13.2 Å². The van der Waals surface area contributed by atoms with Gasteiger partial charge in [-0.15, -0.1) is 24.0 Å². The SMILES string of the molecule is CN=C(NCc1cn(C)nc1C(F)(F)F)N(C)Cc1ccccc1Br.I. The highest BCUT2D eigenvalue weighted by atomic mass is 127. The summed E-state index contributed by atoms with van der Waals surface area (Å²) in [5.41, 5.74) is 0.238. The lowest BCUT2D eigenvalue weighted by atomic mass is 10.2. The maximum atomic E-state index is 13.0. The molecule has 0 saturated heterocycles. The molecule has 1 heterocycles. The lowest BCUT2D eigenvalue weighted by molar-refractivity contribution is -0.142. The van der Waals surface area contributed by atoms with Crippen molar-refractivity contribution in [1.29, 1.82) is 0 Å². The molecule has 0 atom stereocenters. The molecule has 0 amide bonds. The fourth-order valence-electron chi connectivity index (χ4n) is 2.42. The van der Waals surface area contributed by atoms with E-state index >= 15 is 0 Å². The maximum Gasteiger partial charge on any atom is 0.435 e. The van der Waals surface area contributed by atoms with Crippen molar-refractivity contribution in [3.8, 4) is 0 Å². The molecule has 0 unspecified atom stereocenters. The first-order valence-electron chi connectivity index (χ1n) is 7.47. The van der Waals surface area contributed by atoms with Gasteiger partial charge in [0.1, 0.15) is 0 Å². The molecule has 2 aromatic rings. The number of nitrogens with one attached hydrogen (secondary N) is 1. The Balaban J connectivity index is 0.00000338. The second-order valence-corrected chi connectivity index (χ2v) is 6.38. The molecule has 144 valence electrons. The third kappa shape index (κ3) is 5.86. The summed E-state index contributed by atoms with van der Waals surface area (Å²) in [6, 6.07) is 7.75. The number of aromatic nitrogens is 2. The second-order valence-electron chi connectivity index (χ2n) is 5.52. The number of aryl methyl sites for hydroxylation is 1. The van der Waals surface area contributed by atoms with Gasteiger partial charge in [0.25, 0.3) is 0 Å². The molecule has 1 aromatic carbocycles. The van der Waals surface area contributed by atoms with Gasteiger partial charge in [0.05, 0.1) is 0 Å². The summed E-state index contributed by atoms with van der Waals surface area (Å²) >= 11 is 3.48. The van der Waals surface area contributed by atoms with Crippen molar-refractivity contribution in [1.82, 2.24) is 20.0 Å². The number of hydrogen-bond acceptors (Lipinski definition) is 2. The predicted molar refractivity (Wildman–Crippen MR) is 109 cm³/mol. The Morgan fingerprint density at radius 2 is 1.96 bits per heavy atom. The van der Waals surface area contributed by atoms with Crippen LogP contribution in [0.3, 0.4) is 0 Å². The van der Waals surface area contributed by atoms with Gasteiger partial charge in [0.2, 0.25) is 0 Å². The molecular formula is C16H20BrF3IN5. The van der Waals surface area contributed by atoms with E-state index in [1.54, 1.807) is 7.05 Å². The van der Waals surface area contributed by atoms with Crippen LogP contribution < -0.4 is 5.32 Å². The number of rotatable bonds is 4. The zero-order valence-electron chi connectivity index (χ0n) is 14.5. The van der Waals surface area contributed by atoms with E-state index in [2.05, 4.69) is 31.3 Å². The van der Waals surface area contributed by atoms with E-state index in [0.717, 1.165) is 14.7 Å². The Morgan fingerprint density at radius 1 is 1.31 bits per heavy atom. The summed E-state index contributed by atoms with van der Waals surface area (Å²) in [6.07, 6.45) is -3.13. The molecule has 0 spiro atoms. The lowest BCUT2D eigenvalue weighted by Crippen LogP contribution is -2.38. The van der Waals surface area contributed by atoms with Crippen molar-refractivity contribution in [2.75, 3.05) is 14.1 Å². The number of guanidine groups is 1. The first-order valence-corrected chi connectivity index (χ1v) is 8.26. The van der Waals surface area contributed by atoms with Gasteiger partial charge in [0.15, 0.2) is 11.7 Å². The van der Waals surface area contributed by atoms with Gasteiger partial charge in [-0.3, -0.25) is 9.67 Å². The molecule has 0 radical (unpaired) electrons. The minimum Gasteiger partial charge on any atom is -0.352 e. The summed E-state index contributed by atoms with van der Waals surface area (Å²) in [7, 11) is 4.88. The molecule has 1 N–H and O–H groups in total. The minimum absolute atomic E-state index is 0. The zero-order valence-corrected chi connectivity index (χ0v) is 18.4. The molecule has 0 aliphatic carbocycles. The Kier molecular flexibility index (Phi) is 8.38. The summed E-state index contributed by atoms with van der Waals surface area (Å²) in [5, 5.41) is 6.46. The first-order chi connectivity index (χ1) is 11.7. The number of hydrogen-bond donors (Lipinski definition) is 1. The highest BCUT2D eigenvalue weighted by Crippen LogP contribution is 2.30. The summed E-state index contributed by atoms with van der Waals surface area (Å²) in [6.45, 7) is 0.538. The van der Waals surface area contributed by atoms with E-state index in [1.165, 1.54) is 13.2 Å².